The smallest absolute Gasteiger partial charge is 0.316 e. The number of nitrogens with one attached hydrogen (secondary N) is 1. The quantitative estimate of drug-likeness (QED) is 0.376. The van der Waals surface area contributed by atoms with Crippen molar-refractivity contribution >= 4 is 41.1 Å². The van der Waals surface area contributed by atoms with E-state index in [2.05, 4.69) is 10.5 Å². The Morgan fingerprint density at radius 1 is 1.22 bits per heavy atom. The van der Waals surface area contributed by atoms with Gasteiger partial charge in [0.15, 0.2) is 5.11 Å². The summed E-state index contributed by atoms with van der Waals surface area (Å²) in [6.45, 7) is 2.08. The Bertz CT molecular complexity index is 991. The molecule has 1 N–H and O–H groups in total. The number of benzene rings is 1. The molecule has 27 heavy (non-hydrogen) atoms. The van der Waals surface area contributed by atoms with Gasteiger partial charge in [-0.1, -0.05) is 12.1 Å². The average molecular weight is 383 g/mol. The summed E-state index contributed by atoms with van der Waals surface area (Å²) >= 11 is 4.98. The molecule has 8 nitrogen and oxygen atoms in total. The van der Waals surface area contributed by atoms with Gasteiger partial charge in [-0.15, -0.1) is 4.91 Å². The van der Waals surface area contributed by atoms with Crippen LogP contribution in [-0.4, -0.2) is 34.3 Å². The minimum Gasteiger partial charge on any atom is -0.457 e. The van der Waals surface area contributed by atoms with Crippen LogP contribution in [0.3, 0.4) is 0 Å². The number of likely N-dealkylation sites (N-methyl/N-ethyl adjacent to an activating group) is 1. The van der Waals surface area contributed by atoms with Crippen molar-refractivity contribution in [2.75, 3.05) is 6.54 Å². The zero-order valence-corrected chi connectivity index (χ0v) is 14.9. The van der Waals surface area contributed by atoms with Crippen LogP contribution in [0.15, 0.2) is 51.6 Å². The highest BCUT2D eigenvalue weighted by Gasteiger charge is 2.32. The molecule has 3 amide bonds. The van der Waals surface area contributed by atoms with Crippen molar-refractivity contribution in [1.29, 1.82) is 0 Å². The summed E-state index contributed by atoms with van der Waals surface area (Å²) in [5, 5.41) is 4.90. The van der Waals surface area contributed by atoms with Crippen molar-refractivity contribution in [2.45, 2.75) is 6.92 Å². The van der Waals surface area contributed by atoms with Crippen molar-refractivity contribution in [3.63, 3.8) is 0 Å². The molecule has 0 radical (unpaired) electrons. The highest BCUT2D eigenvalue weighted by molar-refractivity contribution is 7.80. The van der Waals surface area contributed by atoms with Crippen LogP contribution in [-0.2, 0) is 9.59 Å². The van der Waals surface area contributed by atoms with Gasteiger partial charge in [-0.05, 0) is 49.5 Å². The van der Waals surface area contributed by atoms with Crippen LogP contribution in [0.25, 0.3) is 17.4 Å². The van der Waals surface area contributed by atoms with Crippen LogP contribution in [0.4, 0.5) is 0 Å². The molecule has 0 bridgehead atoms. The number of hydrogen-bond donors (Lipinski definition) is 1. The molecular formula is C18H13N3O5S. The molecule has 2 heterocycles. The highest BCUT2D eigenvalue weighted by Crippen LogP contribution is 2.25. The second-order valence-electron chi connectivity index (χ2n) is 5.54. The molecule has 1 aliphatic rings. The summed E-state index contributed by atoms with van der Waals surface area (Å²) < 4.78 is 5.66. The van der Waals surface area contributed by atoms with E-state index in [9.17, 15) is 19.3 Å². The number of thiocarbonyl (C=S) groups is 1. The summed E-state index contributed by atoms with van der Waals surface area (Å²) in [5.41, 5.74) is 0.741. The monoisotopic (exact) mass is 383 g/mol. The first-order valence-electron chi connectivity index (χ1n) is 7.91. The number of amides is 3. The number of nitroso groups, excluding NO2 is 1. The molecule has 1 aromatic carbocycles. The van der Waals surface area contributed by atoms with E-state index in [-0.39, 0.29) is 16.2 Å². The average Bonchev–Trinajstić information content (AvgIpc) is 3.13. The van der Waals surface area contributed by atoms with Gasteiger partial charge in [0.05, 0.1) is 0 Å². The van der Waals surface area contributed by atoms with Crippen LogP contribution in [0.1, 0.15) is 23.0 Å². The van der Waals surface area contributed by atoms with Gasteiger partial charge < -0.3 is 4.42 Å². The van der Waals surface area contributed by atoms with Crippen LogP contribution < -0.4 is 5.32 Å². The number of nitrogens with zero attached hydrogens (tertiary/aromatic N) is 2. The molecule has 2 aromatic rings. The van der Waals surface area contributed by atoms with E-state index < -0.39 is 17.7 Å². The van der Waals surface area contributed by atoms with E-state index in [0.717, 1.165) is 0 Å². The first-order valence-corrected chi connectivity index (χ1v) is 8.32. The van der Waals surface area contributed by atoms with E-state index in [1.54, 1.807) is 31.2 Å². The van der Waals surface area contributed by atoms with E-state index >= 15 is 0 Å². The fourth-order valence-corrected chi connectivity index (χ4v) is 2.84. The molecule has 0 saturated carbocycles. The fraction of sp³-hybridized carbons (Fsp3) is 0.111. The number of carbonyl (C=O) groups excluding carboxylic acids is 3. The molecule has 1 saturated heterocycles. The Balaban J connectivity index is 1.87. The Hall–Kier alpha value is -3.46. The zero-order chi connectivity index (χ0) is 19.6. The lowest BCUT2D eigenvalue weighted by atomic mass is 10.1. The minimum atomic E-state index is -0.855. The Kier molecular flexibility index (Phi) is 5.04. The molecule has 9 heteroatoms. The van der Waals surface area contributed by atoms with Gasteiger partial charge in [-0.2, -0.15) is 0 Å². The van der Waals surface area contributed by atoms with Crippen molar-refractivity contribution in [2.24, 2.45) is 5.18 Å². The van der Waals surface area contributed by atoms with E-state index in [0.29, 0.717) is 23.6 Å². The third kappa shape index (κ3) is 3.58. The normalized spacial score (nSPS) is 15.8. The van der Waals surface area contributed by atoms with Crippen LogP contribution in [0.5, 0.6) is 0 Å². The Morgan fingerprint density at radius 3 is 2.56 bits per heavy atom. The van der Waals surface area contributed by atoms with E-state index in [4.69, 9.17) is 16.6 Å². The second-order valence-corrected chi connectivity index (χ2v) is 5.93. The van der Waals surface area contributed by atoms with Crippen molar-refractivity contribution in [3.8, 4) is 11.3 Å². The van der Waals surface area contributed by atoms with Gasteiger partial charge in [0, 0.05) is 22.8 Å². The minimum absolute atomic E-state index is 0.0734. The molecule has 1 aliphatic heterocycles. The molecule has 3 rings (SSSR count). The summed E-state index contributed by atoms with van der Waals surface area (Å²) in [6.07, 6.45) is 1.35. The van der Waals surface area contributed by atoms with Crippen LogP contribution in [0, 0.1) is 4.91 Å². The maximum absolute atomic E-state index is 12.4. The highest BCUT2D eigenvalue weighted by atomic mass is 32.1. The molecule has 0 unspecified atom stereocenters. The van der Waals surface area contributed by atoms with Gasteiger partial charge in [0.25, 0.3) is 11.8 Å². The van der Waals surface area contributed by atoms with Gasteiger partial charge >= 0.3 is 5.91 Å². The zero-order valence-electron chi connectivity index (χ0n) is 14.1. The predicted molar refractivity (Wildman–Crippen MR) is 100 cm³/mol. The van der Waals surface area contributed by atoms with Crippen molar-refractivity contribution < 1.29 is 18.8 Å². The van der Waals surface area contributed by atoms with Gasteiger partial charge in [-0.25, -0.2) is 0 Å². The predicted octanol–water partition coefficient (Wildman–Crippen LogP) is 2.50. The largest absolute Gasteiger partial charge is 0.457 e. The molecular weight excluding hydrogens is 370 g/mol. The maximum Gasteiger partial charge on any atom is 0.316 e. The number of rotatable bonds is 4. The summed E-state index contributed by atoms with van der Waals surface area (Å²) in [5.74, 6) is -1.16. The fourth-order valence-electron chi connectivity index (χ4n) is 2.54. The first-order chi connectivity index (χ1) is 12.9. The number of hydrogen-bond acceptors (Lipinski definition) is 6. The second kappa shape index (κ2) is 7.42. The lowest BCUT2D eigenvalue weighted by molar-refractivity contribution is -0.128. The Morgan fingerprint density at radius 2 is 1.93 bits per heavy atom. The van der Waals surface area contributed by atoms with Gasteiger partial charge in [0.1, 0.15) is 17.1 Å². The topological polar surface area (TPSA) is 109 Å². The third-order valence-corrected chi connectivity index (χ3v) is 4.24. The summed E-state index contributed by atoms with van der Waals surface area (Å²) in [6, 6.07) is 9.39. The SMILES string of the molecule is CCN1C(=O)/C(=C/c2ccc(-c3ccc(C(=O)N=O)cc3)o2)C(=O)NC1=S. The van der Waals surface area contributed by atoms with Crippen molar-refractivity contribution in [3.05, 3.63) is 58.2 Å². The summed E-state index contributed by atoms with van der Waals surface area (Å²) in [4.78, 5) is 47.2. The van der Waals surface area contributed by atoms with Gasteiger partial charge in [-0.3, -0.25) is 24.6 Å². The molecule has 0 atom stereocenters. The maximum atomic E-state index is 12.4. The molecule has 1 aromatic heterocycles. The third-order valence-electron chi connectivity index (χ3n) is 3.91. The Labute approximate surface area is 158 Å². The lowest BCUT2D eigenvalue weighted by Crippen LogP contribution is -2.53. The van der Waals surface area contributed by atoms with E-state index in [1.165, 1.54) is 23.1 Å². The van der Waals surface area contributed by atoms with Crippen molar-refractivity contribution in [1.82, 2.24) is 10.2 Å². The molecule has 136 valence electrons. The number of furan rings is 1. The number of carbonyl (C=O) groups is 3. The molecule has 0 spiro atoms. The first kappa shape index (κ1) is 18.3. The molecule has 1 fully saturated rings. The van der Waals surface area contributed by atoms with Crippen LogP contribution >= 0.6 is 12.2 Å². The summed E-state index contributed by atoms with van der Waals surface area (Å²) in [7, 11) is 0. The van der Waals surface area contributed by atoms with E-state index in [1.807, 2.05) is 0 Å². The molecule has 0 aliphatic carbocycles. The standard InChI is InChI=1S/C18H13N3O5S/c1-2-21-17(24)13(16(23)19-18(21)27)9-12-7-8-14(26-12)10-3-5-11(6-4-10)15(22)20-25/h3-9H,2H2,1H3,(H,19,23,27)/b13-9+. The van der Waals surface area contributed by atoms with Gasteiger partial charge in [0.2, 0.25) is 0 Å². The van der Waals surface area contributed by atoms with Crippen LogP contribution in [0.2, 0.25) is 0 Å². The lowest BCUT2D eigenvalue weighted by Gasteiger charge is -2.27.